The molecule has 0 amide bonds. The van der Waals surface area contributed by atoms with E-state index in [0.29, 0.717) is 16.7 Å². The van der Waals surface area contributed by atoms with Crippen LogP contribution in [0.5, 0.6) is 0 Å². The summed E-state index contributed by atoms with van der Waals surface area (Å²) in [5.74, 6) is -0.656. The van der Waals surface area contributed by atoms with E-state index >= 15 is 0 Å². The first-order valence-electron chi connectivity index (χ1n) is 7.26. The minimum Gasteiger partial charge on any atom is -0.460 e. The molecule has 6 heteroatoms. The van der Waals surface area contributed by atoms with E-state index in [1.807, 2.05) is 0 Å². The Bertz CT molecular complexity index is 723. The molecule has 1 aliphatic carbocycles. The molecule has 0 spiro atoms. The van der Waals surface area contributed by atoms with Gasteiger partial charge in [-0.2, -0.15) is 0 Å². The maximum absolute atomic E-state index is 12.1. The molecule has 23 heavy (non-hydrogen) atoms. The lowest BCUT2D eigenvalue weighted by Crippen LogP contribution is -2.24. The van der Waals surface area contributed by atoms with Crippen molar-refractivity contribution in [1.29, 1.82) is 0 Å². The number of nitro groups is 1. The van der Waals surface area contributed by atoms with Gasteiger partial charge in [0.15, 0.2) is 0 Å². The summed E-state index contributed by atoms with van der Waals surface area (Å²) >= 11 is 0. The van der Waals surface area contributed by atoms with Crippen molar-refractivity contribution in [2.24, 2.45) is 0 Å². The molecule has 0 aromatic heterocycles. The Hall–Kier alpha value is -2.68. The second-order valence-corrected chi connectivity index (χ2v) is 6.40. The second-order valence-electron chi connectivity index (χ2n) is 6.40. The SMILES string of the molecule is [C-]#[N+]CC1=CC(CC(=O)OC(C)(C)C)c2cccc([N+](=O)[O-])c21. The number of nitrogens with zero attached hydrogens (tertiary/aromatic N) is 2. The molecule has 0 saturated heterocycles. The molecule has 1 aromatic rings. The summed E-state index contributed by atoms with van der Waals surface area (Å²) in [6.07, 6.45) is 1.88. The molecule has 0 N–H and O–H groups in total. The predicted octanol–water partition coefficient (Wildman–Crippen LogP) is 3.73. The Morgan fingerprint density at radius 1 is 1.43 bits per heavy atom. The number of carbonyl (C=O) groups excluding carboxylic acids is 1. The number of rotatable bonds is 4. The molecule has 120 valence electrons. The van der Waals surface area contributed by atoms with Crippen molar-refractivity contribution in [3.8, 4) is 0 Å². The van der Waals surface area contributed by atoms with E-state index in [9.17, 15) is 14.9 Å². The van der Waals surface area contributed by atoms with Gasteiger partial charge >= 0.3 is 5.97 Å². The fraction of sp³-hybridized carbons (Fsp3) is 0.412. The van der Waals surface area contributed by atoms with Crippen LogP contribution in [0, 0.1) is 16.7 Å². The van der Waals surface area contributed by atoms with Gasteiger partial charge in [-0.25, -0.2) is 6.57 Å². The predicted molar refractivity (Wildman–Crippen MR) is 85.7 cm³/mol. The summed E-state index contributed by atoms with van der Waals surface area (Å²) in [5.41, 5.74) is 1.19. The minimum atomic E-state index is -0.579. The third-order valence-corrected chi connectivity index (χ3v) is 3.45. The maximum Gasteiger partial charge on any atom is 0.307 e. The molecule has 0 saturated carbocycles. The van der Waals surface area contributed by atoms with Crippen molar-refractivity contribution in [3.63, 3.8) is 0 Å². The average Bonchev–Trinajstić information content (AvgIpc) is 2.75. The van der Waals surface area contributed by atoms with Crippen molar-refractivity contribution in [3.05, 3.63) is 56.9 Å². The number of carbonyl (C=O) groups is 1. The Balaban J connectivity index is 2.36. The van der Waals surface area contributed by atoms with Gasteiger partial charge in [-0.1, -0.05) is 18.2 Å². The normalized spacial score (nSPS) is 16.3. The van der Waals surface area contributed by atoms with Gasteiger partial charge in [-0.15, -0.1) is 0 Å². The number of nitro benzene ring substituents is 1. The average molecular weight is 314 g/mol. The van der Waals surface area contributed by atoms with E-state index in [1.165, 1.54) is 6.07 Å². The number of benzene rings is 1. The molecule has 0 radical (unpaired) electrons. The van der Waals surface area contributed by atoms with E-state index in [0.717, 1.165) is 0 Å². The van der Waals surface area contributed by atoms with E-state index in [2.05, 4.69) is 4.85 Å². The lowest BCUT2D eigenvalue weighted by atomic mass is 9.96. The largest absolute Gasteiger partial charge is 0.460 e. The van der Waals surface area contributed by atoms with E-state index in [1.54, 1.807) is 39.0 Å². The number of ether oxygens (including phenoxy) is 1. The zero-order valence-electron chi connectivity index (χ0n) is 13.3. The maximum atomic E-state index is 12.1. The van der Waals surface area contributed by atoms with Gasteiger partial charge in [0.1, 0.15) is 5.60 Å². The van der Waals surface area contributed by atoms with Crippen LogP contribution in [0.25, 0.3) is 10.4 Å². The zero-order valence-corrected chi connectivity index (χ0v) is 13.3. The summed E-state index contributed by atoms with van der Waals surface area (Å²) in [6.45, 7) is 12.5. The summed E-state index contributed by atoms with van der Waals surface area (Å²) in [5, 5.41) is 11.2. The zero-order chi connectivity index (χ0) is 17.2. The first-order chi connectivity index (χ1) is 10.7. The first-order valence-corrected chi connectivity index (χ1v) is 7.26. The second kappa shape index (κ2) is 6.21. The number of fused-ring (bicyclic) bond motifs is 1. The Morgan fingerprint density at radius 2 is 2.13 bits per heavy atom. The van der Waals surface area contributed by atoms with Gasteiger partial charge in [0.25, 0.3) is 5.69 Å². The van der Waals surface area contributed by atoms with E-state index < -0.39 is 10.5 Å². The van der Waals surface area contributed by atoms with Gasteiger partial charge in [-0.05, 0) is 26.3 Å². The van der Waals surface area contributed by atoms with Crippen LogP contribution < -0.4 is 0 Å². The Labute approximate surface area is 134 Å². The summed E-state index contributed by atoms with van der Waals surface area (Å²) in [4.78, 5) is 26.2. The molecule has 1 atom stereocenters. The molecule has 0 fully saturated rings. The smallest absolute Gasteiger partial charge is 0.307 e. The summed E-state index contributed by atoms with van der Waals surface area (Å²) in [6, 6.07) is 4.80. The van der Waals surface area contributed by atoms with E-state index in [4.69, 9.17) is 11.3 Å². The van der Waals surface area contributed by atoms with Gasteiger partial charge in [0, 0.05) is 17.6 Å². The van der Waals surface area contributed by atoms with Crippen LogP contribution in [0.2, 0.25) is 0 Å². The van der Waals surface area contributed by atoms with Crippen LogP contribution in [-0.4, -0.2) is 23.0 Å². The lowest BCUT2D eigenvalue weighted by molar-refractivity contribution is -0.385. The molecule has 0 aliphatic heterocycles. The van der Waals surface area contributed by atoms with Crippen molar-refractivity contribution in [1.82, 2.24) is 0 Å². The van der Waals surface area contributed by atoms with Crippen LogP contribution in [0.1, 0.15) is 44.2 Å². The van der Waals surface area contributed by atoms with Crippen molar-refractivity contribution in [2.45, 2.75) is 38.7 Å². The fourth-order valence-electron chi connectivity index (χ4n) is 2.73. The quantitative estimate of drug-likeness (QED) is 0.367. The van der Waals surface area contributed by atoms with Crippen LogP contribution >= 0.6 is 0 Å². The highest BCUT2D eigenvalue weighted by molar-refractivity contribution is 5.84. The number of hydrogen-bond acceptors (Lipinski definition) is 4. The molecular weight excluding hydrogens is 296 g/mol. The van der Waals surface area contributed by atoms with Crippen LogP contribution in [0.3, 0.4) is 0 Å². The standard InChI is InChI=1S/C17H18N2O4/c1-17(2,3)23-15(20)9-11-8-12(10-18-4)16-13(11)6-5-7-14(16)19(21)22/h5-8,11H,9-10H2,1-3H3. The molecule has 6 nitrogen and oxygen atoms in total. The van der Waals surface area contributed by atoms with Gasteiger partial charge in [0.2, 0.25) is 6.54 Å². The minimum absolute atomic E-state index is 0.0240. The fourth-order valence-corrected chi connectivity index (χ4v) is 2.73. The molecule has 1 aromatic carbocycles. The molecule has 1 aliphatic rings. The van der Waals surface area contributed by atoms with Gasteiger partial charge in [-0.3, -0.25) is 14.9 Å². The highest BCUT2D eigenvalue weighted by Gasteiger charge is 2.33. The first kappa shape index (κ1) is 16.7. The molecule has 1 unspecified atom stereocenters. The third-order valence-electron chi connectivity index (χ3n) is 3.45. The van der Waals surface area contributed by atoms with Gasteiger partial charge < -0.3 is 9.58 Å². The molecule has 0 heterocycles. The monoisotopic (exact) mass is 314 g/mol. The topological polar surface area (TPSA) is 73.8 Å². The van der Waals surface area contributed by atoms with Crippen LogP contribution in [-0.2, 0) is 9.53 Å². The molecule has 2 rings (SSSR count). The number of esters is 1. The van der Waals surface area contributed by atoms with E-state index in [-0.39, 0.29) is 30.5 Å². The number of allylic oxidation sites excluding steroid dienone is 1. The lowest BCUT2D eigenvalue weighted by Gasteiger charge is -2.20. The molecular formula is C17H18N2O4. The summed E-state index contributed by atoms with van der Waals surface area (Å²) in [7, 11) is 0. The highest BCUT2D eigenvalue weighted by atomic mass is 16.6. The summed E-state index contributed by atoms with van der Waals surface area (Å²) < 4.78 is 5.33. The van der Waals surface area contributed by atoms with Crippen molar-refractivity contribution in [2.75, 3.05) is 6.54 Å². The van der Waals surface area contributed by atoms with Crippen LogP contribution in [0.15, 0.2) is 24.3 Å². The van der Waals surface area contributed by atoms with Crippen molar-refractivity contribution >= 4 is 17.2 Å². The van der Waals surface area contributed by atoms with Gasteiger partial charge in [0.05, 0.1) is 16.9 Å². The highest BCUT2D eigenvalue weighted by Crippen LogP contribution is 2.42. The third kappa shape index (κ3) is 3.75. The molecule has 0 bridgehead atoms. The Kier molecular flexibility index (Phi) is 4.50. The van der Waals surface area contributed by atoms with Crippen LogP contribution in [0.4, 0.5) is 5.69 Å². The van der Waals surface area contributed by atoms with Crippen molar-refractivity contribution < 1.29 is 14.5 Å². The Morgan fingerprint density at radius 3 is 2.70 bits per heavy atom. The number of hydrogen-bond donors (Lipinski definition) is 0.